The summed E-state index contributed by atoms with van der Waals surface area (Å²) >= 11 is 1.68. The first-order valence-electron chi connectivity index (χ1n) is 5.35. The van der Waals surface area contributed by atoms with E-state index in [1.165, 1.54) is 4.90 Å². The lowest BCUT2D eigenvalue weighted by atomic mass is 10.2. The Labute approximate surface area is 123 Å². The molecule has 0 aliphatic carbocycles. The predicted molar refractivity (Wildman–Crippen MR) is 77.6 cm³/mol. The number of halogens is 2. The van der Waals surface area contributed by atoms with Crippen LogP contribution in [0.1, 0.15) is 6.92 Å². The highest BCUT2D eigenvalue weighted by molar-refractivity contribution is 14.1. The highest BCUT2D eigenvalue weighted by Crippen LogP contribution is 2.29. The number of anilines is 1. The lowest BCUT2D eigenvalue weighted by Crippen LogP contribution is -2.36. The van der Waals surface area contributed by atoms with Gasteiger partial charge in [0, 0.05) is 26.2 Å². The van der Waals surface area contributed by atoms with Gasteiger partial charge in [-0.3, -0.25) is 14.9 Å². The van der Waals surface area contributed by atoms with Crippen LogP contribution in [0.4, 0.5) is 15.8 Å². The highest BCUT2D eigenvalue weighted by atomic mass is 127. The van der Waals surface area contributed by atoms with Gasteiger partial charge in [-0.2, -0.15) is 0 Å². The molecule has 6 nitrogen and oxygen atoms in total. The third kappa shape index (κ3) is 3.75. The molecular formula is C11H13FIN3O3. The predicted octanol–water partition coefficient (Wildman–Crippen LogP) is 2.23. The zero-order valence-electron chi connectivity index (χ0n) is 10.6. The minimum Gasteiger partial charge on any atom is -0.368 e. The molecule has 1 N–H and O–H groups in total. The third-order valence-corrected chi connectivity index (χ3v) is 3.25. The Kier molecular flexibility index (Phi) is 5.04. The lowest BCUT2D eigenvalue weighted by molar-refractivity contribution is -0.384. The van der Waals surface area contributed by atoms with Crippen molar-refractivity contribution < 1.29 is 14.1 Å². The van der Waals surface area contributed by atoms with Crippen LogP contribution in [0.15, 0.2) is 12.1 Å². The highest BCUT2D eigenvalue weighted by Gasteiger charge is 2.22. The van der Waals surface area contributed by atoms with E-state index in [0.29, 0.717) is 0 Å². The summed E-state index contributed by atoms with van der Waals surface area (Å²) in [6, 6.07) is 1.47. The van der Waals surface area contributed by atoms with E-state index >= 15 is 0 Å². The van der Waals surface area contributed by atoms with Gasteiger partial charge in [-0.05, 0) is 29.5 Å². The van der Waals surface area contributed by atoms with Crippen molar-refractivity contribution in [1.82, 2.24) is 4.90 Å². The molecular weight excluding hydrogens is 368 g/mol. The second-order valence-electron chi connectivity index (χ2n) is 4.14. The molecule has 1 atom stereocenters. The fourth-order valence-corrected chi connectivity index (χ4v) is 1.94. The topological polar surface area (TPSA) is 75.5 Å². The Bertz CT molecular complexity index is 522. The number of amides is 1. The number of hydrogen-bond donors (Lipinski definition) is 1. The van der Waals surface area contributed by atoms with Crippen molar-refractivity contribution in [2.45, 2.75) is 13.0 Å². The summed E-state index contributed by atoms with van der Waals surface area (Å²) in [5.74, 6) is -0.827. The maximum Gasteiger partial charge on any atom is 0.293 e. The SMILES string of the molecule is CC(Nc1cc(F)c(I)cc1[N+](=O)[O-])C(=O)N(C)C. The summed E-state index contributed by atoms with van der Waals surface area (Å²) in [6.45, 7) is 1.56. The molecule has 0 fully saturated rings. The monoisotopic (exact) mass is 381 g/mol. The number of nitrogens with zero attached hydrogens (tertiary/aromatic N) is 2. The molecule has 0 saturated heterocycles. The van der Waals surface area contributed by atoms with E-state index in [2.05, 4.69) is 5.32 Å². The van der Waals surface area contributed by atoms with Gasteiger partial charge in [-0.15, -0.1) is 0 Å². The third-order valence-electron chi connectivity index (χ3n) is 2.42. The van der Waals surface area contributed by atoms with Crippen molar-refractivity contribution >= 4 is 39.9 Å². The fraction of sp³-hybridized carbons (Fsp3) is 0.364. The van der Waals surface area contributed by atoms with Gasteiger partial charge in [0.2, 0.25) is 5.91 Å². The maximum atomic E-state index is 13.5. The Morgan fingerprint density at radius 3 is 2.58 bits per heavy atom. The van der Waals surface area contributed by atoms with Crippen LogP contribution in [0.2, 0.25) is 0 Å². The maximum absolute atomic E-state index is 13.5. The quantitative estimate of drug-likeness (QED) is 0.493. The van der Waals surface area contributed by atoms with E-state index < -0.39 is 16.8 Å². The van der Waals surface area contributed by atoms with E-state index in [0.717, 1.165) is 12.1 Å². The van der Waals surface area contributed by atoms with Crippen molar-refractivity contribution in [1.29, 1.82) is 0 Å². The molecule has 0 bridgehead atoms. The van der Waals surface area contributed by atoms with E-state index in [-0.39, 0.29) is 20.9 Å². The molecule has 0 heterocycles. The standard InChI is InChI=1S/C11H13FIN3O3/c1-6(11(17)15(2)3)14-9-4-7(12)8(13)5-10(9)16(18)19/h4-6,14H,1-3H3. The summed E-state index contributed by atoms with van der Waals surface area (Å²) in [5.41, 5.74) is -0.269. The summed E-state index contributed by atoms with van der Waals surface area (Å²) in [7, 11) is 3.15. The first-order valence-corrected chi connectivity index (χ1v) is 6.43. The minimum absolute atomic E-state index is 0.00869. The van der Waals surface area contributed by atoms with Crippen molar-refractivity contribution in [2.24, 2.45) is 0 Å². The number of carbonyl (C=O) groups excluding carboxylic acids is 1. The summed E-state index contributed by atoms with van der Waals surface area (Å²) in [4.78, 5) is 23.3. The first kappa shape index (κ1) is 15.6. The second kappa shape index (κ2) is 6.13. The van der Waals surface area contributed by atoms with Crippen molar-refractivity contribution in [2.75, 3.05) is 19.4 Å². The molecule has 1 aromatic carbocycles. The number of likely N-dealkylation sites (N-methyl/N-ethyl adjacent to an activating group) is 1. The van der Waals surface area contributed by atoms with Gasteiger partial charge >= 0.3 is 0 Å². The fourth-order valence-electron chi connectivity index (χ4n) is 1.49. The average Bonchev–Trinajstić information content (AvgIpc) is 2.31. The van der Waals surface area contributed by atoms with Gasteiger partial charge < -0.3 is 10.2 Å². The number of nitrogens with one attached hydrogen (secondary N) is 1. The molecule has 8 heteroatoms. The normalized spacial score (nSPS) is 11.8. The Balaban J connectivity index is 3.10. The Morgan fingerprint density at radius 1 is 1.53 bits per heavy atom. The van der Waals surface area contributed by atoms with Crippen LogP contribution < -0.4 is 5.32 Å². The van der Waals surface area contributed by atoms with Gasteiger partial charge in [-0.1, -0.05) is 0 Å². The summed E-state index contributed by atoms with van der Waals surface area (Å²) < 4.78 is 13.6. The van der Waals surface area contributed by atoms with Crippen LogP contribution in [0.25, 0.3) is 0 Å². The molecule has 0 saturated carbocycles. The molecule has 1 aromatic rings. The molecule has 0 aromatic heterocycles. The van der Waals surface area contributed by atoms with Gasteiger partial charge in [0.05, 0.1) is 8.49 Å². The summed E-state index contributed by atoms with van der Waals surface area (Å²) in [5, 5.41) is 13.6. The molecule has 1 unspecified atom stereocenters. The number of benzene rings is 1. The number of nitro benzene ring substituents is 1. The van der Waals surface area contributed by atoms with Crippen LogP contribution in [-0.4, -0.2) is 35.9 Å². The largest absolute Gasteiger partial charge is 0.368 e. The van der Waals surface area contributed by atoms with Gasteiger partial charge in [0.1, 0.15) is 17.5 Å². The number of rotatable bonds is 4. The van der Waals surface area contributed by atoms with Crippen LogP contribution in [0.5, 0.6) is 0 Å². The Morgan fingerprint density at radius 2 is 2.11 bits per heavy atom. The van der Waals surface area contributed by atoms with Crippen LogP contribution in [0.3, 0.4) is 0 Å². The summed E-state index contributed by atoms with van der Waals surface area (Å²) in [6.07, 6.45) is 0. The van der Waals surface area contributed by atoms with E-state index in [1.54, 1.807) is 43.6 Å². The average molecular weight is 381 g/mol. The van der Waals surface area contributed by atoms with Crippen molar-refractivity contribution in [3.05, 3.63) is 31.6 Å². The minimum atomic E-state index is -0.687. The number of hydrogen-bond acceptors (Lipinski definition) is 4. The molecule has 0 aliphatic rings. The zero-order valence-corrected chi connectivity index (χ0v) is 12.8. The Hall–Kier alpha value is -1.45. The van der Waals surface area contributed by atoms with Gasteiger partial charge in [0.25, 0.3) is 5.69 Å². The van der Waals surface area contributed by atoms with Gasteiger partial charge in [0.15, 0.2) is 0 Å². The van der Waals surface area contributed by atoms with Gasteiger partial charge in [-0.25, -0.2) is 4.39 Å². The second-order valence-corrected chi connectivity index (χ2v) is 5.30. The zero-order chi connectivity index (χ0) is 14.7. The van der Waals surface area contributed by atoms with Crippen molar-refractivity contribution in [3.8, 4) is 0 Å². The molecule has 0 aliphatic heterocycles. The molecule has 104 valence electrons. The molecule has 19 heavy (non-hydrogen) atoms. The van der Waals surface area contributed by atoms with Crippen molar-refractivity contribution in [3.63, 3.8) is 0 Å². The van der Waals surface area contributed by atoms with E-state index in [1.807, 2.05) is 0 Å². The first-order chi connectivity index (χ1) is 8.73. The molecule has 0 spiro atoms. The van der Waals surface area contributed by atoms with Crippen LogP contribution >= 0.6 is 22.6 Å². The smallest absolute Gasteiger partial charge is 0.293 e. The lowest BCUT2D eigenvalue weighted by Gasteiger charge is -2.19. The van der Waals surface area contributed by atoms with Crippen LogP contribution in [0, 0.1) is 19.5 Å². The van der Waals surface area contributed by atoms with Crippen LogP contribution in [-0.2, 0) is 4.79 Å². The van der Waals surface area contributed by atoms with E-state index in [4.69, 9.17) is 0 Å². The number of nitro groups is 1. The molecule has 0 radical (unpaired) electrons. The molecule has 1 amide bonds. The number of carbonyl (C=O) groups is 1. The molecule has 1 rings (SSSR count). The van der Waals surface area contributed by atoms with E-state index in [9.17, 15) is 19.3 Å².